The van der Waals surface area contributed by atoms with Crippen LogP contribution in [0.15, 0.2) is 71.9 Å². The number of nitrogens with one attached hydrogen (secondary N) is 1. The zero-order valence-electron chi connectivity index (χ0n) is 23.9. The molecule has 0 aliphatic heterocycles. The molecule has 0 radical (unpaired) electrons. The summed E-state index contributed by atoms with van der Waals surface area (Å²) < 4.78 is 60.6. The monoisotopic (exact) mass is 553 g/mol. The van der Waals surface area contributed by atoms with Crippen LogP contribution in [0.2, 0.25) is 1.41 Å². The van der Waals surface area contributed by atoms with E-state index in [2.05, 4.69) is 25.0 Å². The molecule has 12 heteroatoms. The van der Waals surface area contributed by atoms with Gasteiger partial charge in [-0.3, -0.25) is 4.72 Å². The minimum absolute atomic E-state index is 0.0551. The molecule has 0 atom stereocenters. The highest BCUT2D eigenvalue weighted by Gasteiger charge is 2.26. The lowest BCUT2D eigenvalue weighted by molar-refractivity contribution is 0.192. The van der Waals surface area contributed by atoms with Gasteiger partial charge in [-0.2, -0.15) is 4.98 Å². The Balaban J connectivity index is 1.90. The lowest BCUT2D eigenvalue weighted by Gasteiger charge is -2.20. The Labute approximate surface area is 229 Å². The molecule has 4 rings (SSSR count). The maximum Gasteiger partial charge on any atom is 0.263 e. The van der Waals surface area contributed by atoms with Crippen molar-refractivity contribution in [3.8, 4) is 34.8 Å². The number of nitrogens with zero attached hydrogens (tertiary/aromatic N) is 4. The lowest BCUT2D eigenvalue weighted by atomic mass is 9.87. The van der Waals surface area contributed by atoms with Crippen molar-refractivity contribution in [1.82, 2.24) is 19.9 Å². The normalized spacial score (nSPS) is 12.3. The van der Waals surface area contributed by atoms with Crippen LogP contribution >= 0.6 is 0 Å². The SMILES string of the molecule is [2H]OCCOc1nc(-c2ncccn2)nc(N([2H])S(=O)(=O)c2ccc(C(C)(C)C)cc2)c1Oc1ccccc1OC. The van der Waals surface area contributed by atoms with Gasteiger partial charge in [0.15, 0.2) is 24.6 Å². The van der Waals surface area contributed by atoms with Crippen LogP contribution in [0.1, 0.15) is 26.3 Å². The van der Waals surface area contributed by atoms with Gasteiger partial charge in [-0.05, 0) is 41.3 Å². The summed E-state index contributed by atoms with van der Waals surface area (Å²) in [5, 5.41) is 4.35. The minimum atomic E-state index is -4.48. The number of para-hydroxylation sites is 2. The number of benzene rings is 2. The first-order valence-electron chi connectivity index (χ1n) is 12.8. The molecular weight excluding hydrogens is 522 g/mol. The van der Waals surface area contributed by atoms with Gasteiger partial charge in [-0.15, -0.1) is 0 Å². The standard InChI is InChI=1S/C27H29N5O6S/c1-27(2,3)18-10-12-19(13-11-18)39(34,35)32-23-22(38-21-9-6-5-8-20(21)36-4)26(37-17-16-33)31-25(30-23)24-28-14-7-15-29-24/h5-15,33H,16-17H2,1-4H3,(H,30,31,32)/i33D/hD. The third-order valence-corrected chi connectivity index (χ3v) is 6.69. The number of aromatic nitrogens is 4. The van der Waals surface area contributed by atoms with Gasteiger partial charge in [-0.1, -0.05) is 45.0 Å². The van der Waals surface area contributed by atoms with E-state index in [4.69, 9.17) is 17.1 Å². The second-order valence-corrected chi connectivity index (χ2v) is 10.8. The third-order valence-electron chi connectivity index (χ3n) is 5.41. The molecule has 0 saturated heterocycles. The molecule has 39 heavy (non-hydrogen) atoms. The Kier molecular flexibility index (Phi) is 7.45. The van der Waals surface area contributed by atoms with E-state index in [-0.39, 0.29) is 57.3 Å². The Morgan fingerprint density at radius 3 is 2.31 bits per heavy atom. The van der Waals surface area contributed by atoms with Gasteiger partial charge in [0.1, 0.15) is 6.61 Å². The molecular formula is C27H29N5O6S. The lowest BCUT2D eigenvalue weighted by Crippen LogP contribution is -2.17. The molecule has 4 aromatic rings. The summed E-state index contributed by atoms with van der Waals surface area (Å²) in [7, 11) is -3.03. The molecule has 2 aromatic heterocycles. The fourth-order valence-corrected chi connectivity index (χ4v) is 4.36. The zero-order chi connectivity index (χ0) is 29.6. The summed E-state index contributed by atoms with van der Waals surface area (Å²) >= 11 is 0. The fraction of sp³-hybridized carbons (Fsp3) is 0.259. The largest absolute Gasteiger partial charge is 0.493 e. The molecule has 0 spiro atoms. The quantitative estimate of drug-likeness (QED) is 0.259. The fourth-order valence-electron chi connectivity index (χ4n) is 3.43. The van der Waals surface area contributed by atoms with E-state index in [1.807, 2.05) is 20.8 Å². The number of hydrogen-bond donors (Lipinski definition) is 2. The number of aliphatic hydroxyl groups excluding tert-OH is 1. The molecule has 0 saturated carbocycles. The van der Waals surface area contributed by atoms with E-state index in [0.717, 1.165) is 5.56 Å². The predicted molar refractivity (Wildman–Crippen MR) is 145 cm³/mol. The predicted octanol–water partition coefficient (Wildman–Crippen LogP) is 4.20. The summed E-state index contributed by atoms with van der Waals surface area (Å²) in [6, 6.07) is 14.5. The maximum absolute atomic E-state index is 13.7. The van der Waals surface area contributed by atoms with Crippen LogP contribution < -0.4 is 18.9 Å². The summed E-state index contributed by atoms with van der Waals surface area (Å²) in [5.74, 6) is -0.531. The first kappa shape index (κ1) is 25.0. The Morgan fingerprint density at radius 2 is 1.67 bits per heavy atom. The number of ether oxygens (including phenoxy) is 3. The number of hydrogen-bond acceptors (Lipinski definition) is 10. The second kappa shape index (κ2) is 11.6. The van der Waals surface area contributed by atoms with E-state index in [1.54, 1.807) is 42.5 Å². The highest BCUT2D eigenvalue weighted by molar-refractivity contribution is 7.92. The molecule has 11 nitrogen and oxygen atoms in total. The van der Waals surface area contributed by atoms with Gasteiger partial charge in [0.25, 0.3) is 15.9 Å². The van der Waals surface area contributed by atoms with Gasteiger partial charge in [-0.25, -0.2) is 23.4 Å². The molecule has 0 aliphatic carbocycles. The second-order valence-electron chi connectivity index (χ2n) is 9.22. The van der Waals surface area contributed by atoms with Crippen LogP contribution in [0.25, 0.3) is 11.6 Å². The Bertz CT molecular complexity index is 1590. The van der Waals surface area contributed by atoms with E-state index < -0.39 is 15.8 Å². The minimum Gasteiger partial charge on any atom is -0.493 e. The molecule has 204 valence electrons. The third kappa shape index (κ3) is 6.59. The first-order chi connectivity index (χ1) is 19.6. The number of aliphatic hydroxyl groups is 1. The molecule has 0 fully saturated rings. The van der Waals surface area contributed by atoms with Crippen molar-refractivity contribution >= 4 is 15.8 Å². The van der Waals surface area contributed by atoms with Crippen LogP contribution in [0.5, 0.6) is 23.1 Å². The van der Waals surface area contributed by atoms with E-state index in [0.29, 0.717) is 5.75 Å². The molecule has 0 bridgehead atoms. The molecule has 0 unspecified atom stereocenters. The van der Waals surface area contributed by atoms with Crippen molar-refractivity contribution in [1.29, 1.82) is 1.43 Å². The van der Waals surface area contributed by atoms with Crippen molar-refractivity contribution in [3.05, 3.63) is 72.6 Å². The van der Waals surface area contributed by atoms with E-state index in [1.165, 1.54) is 31.6 Å². The van der Waals surface area contributed by atoms with Crippen molar-refractivity contribution in [3.63, 3.8) is 0 Å². The molecule has 0 aliphatic rings. The van der Waals surface area contributed by atoms with Crippen molar-refractivity contribution in [2.45, 2.75) is 31.1 Å². The Morgan fingerprint density at radius 1 is 0.974 bits per heavy atom. The van der Waals surface area contributed by atoms with Gasteiger partial charge >= 0.3 is 0 Å². The van der Waals surface area contributed by atoms with E-state index in [9.17, 15) is 8.42 Å². The highest BCUT2D eigenvalue weighted by atomic mass is 32.2. The summed E-state index contributed by atoms with van der Waals surface area (Å²) in [4.78, 5) is 16.9. The van der Waals surface area contributed by atoms with Crippen molar-refractivity contribution in [2.75, 3.05) is 25.0 Å². The number of rotatable bonds is 11. The van der Waals surface area contributed by atoms with Crippen LogP contribution in [0.3, 0.4) is 0 Å². The van der Waals surface area contributed by atoms with Crippen LogP contribution in [-0.2, 0) is 15.4 Å². The number of methoxy groups -OCH3 is 1. The van der Waals surface area contributed by atoms with Crippen LogP contribution in [0, 0.1) is 0 Å². The van der Waals surface area contributed by atoms with E-state index >= 15 is 0 Å². The van der Waals surface area contributed by atoms with Crippen LogP contribution in [-0.4, -0.2) is 55.2 Å². The van der Waals surface area contributed by atoms with Gasteiger partial charge < -0.3 is 19.3 Å². The Hall–Kier alpha value is -4.29. The van der Waals surface area contributed by atoms with Crippen LogP contribution in [0.4, 0.5) is 5.82 Å². The molecule has 2 aromatic carbocycles. The summed E-state index contributed by atoms with van der Waals surface area (Å²) in [5.41, 5.74) is 0.719. The highest BCUT2D eigenvalue weighted by Crippen LogP contribution is 2.41. The summed E-state index contributed by atoms with van der Waals surface area (Å²) in [6.45, 7) is 5.76. The molecule has 2 N–H and O–H groups in total. The first-order valence-corrected chi connectivity index (χ1v) is 13.4. The smallest absolute Gasteiger partial charge is 0.263 e. The maximum atomic E-state index is 13.7. The van der Waals surface area contributed by atoms with Gasteiger partial charge in [0.2, 0.25) is 13.0 Å². The van der Waals surface area contributed by atoms with Gasteiger partial charge in [0.05, 0.1) is 18.6 Å². The number of sulfonamides is 1. The average Bonchev–Trinajstić information content (AvgIpc) is 2.97. The average molecular weight is 554 g/mol. The topological polar surface area (TPSA) is 146 Å². The zero-order valence-corrected chi connectivity index (χ0v) is 22.7. The van der Waals surface area contributed by atoms with Crippen molar-refractivity contribution < 1.29 is 29.1 Å². The molecule has 0 amide bonds. The van der Waals surface area contributed by atoms with Crippen molar-refractivity contribution in [2.24, 2.45) is 0 Å². The number of anilines is 1. The summed E-state index contributed by atoms with van der Waals surface area (Å²) in [6.07, 6.45) is 2.93. The molecule has 2 heterocycles. The van der Waals surface area contributed by atoms with Gasteiger partial charge in [0, 0.05) is 12.4 Å².